The average molecular weight is 263 g/mol. The number of aromatic amines is 1. The van der Waals surface area contributed by atoms with Crippen molar-refractivity contribution in [3.63, 3.8) is 0 Å². The van der Waals surface area contributed by atoms with E-state index in [0.717, 1.165) is 12.1 Å². The molecule has 0 aromatic carbocycles. The lowest BCUT2D eigenvalue weighted by atomic mass is 10.1. The molecule has 0 unspecified atom stereocenters. The fourth-order valence-electron chi connectivity index (χ4n) is 1.59. The molecular formula is C13H17N3OS. The molecule has 5 heteroatoms. The third-order valence-corrected chi connectivity index (χ3v) is 3.60. The van der Waals surface area contributed by atoms with E-state index in [-0.39, 0.29) is 5.91 Å². The number of nitrogens with zero attached hydrogens (tertiary/aromatic N) is 1. The van der Waals surface area contributed by atoms with E-state index < -0.39 is 0 Å². The standard InChI is InChI=1S/C13H17N3OS/c1-9(2)11-8-12(16-15-11)14-13(17)6-5-10-4-3-7-18-10/h3-4,7-9H,5-6H2,1-2H3,(H2,14,15,16,17). The van der Waals surface area contributed by atoms with Crippen LogP contribution >= 0.6 is 11.3 Å². The SMILES string of the molecule is CC(C)c1cc(NC(=O)CCc2cccs2)n[nH]1. The number of aryl methyl sites for hydroxylation is 1. The van der Waals surface area contributed by atoms with Crippen LogP contribution in [0.5, 0.6) is 0 Å². The molecule has 0 fully saturated rings. The Labute approximate surface area is 110 Å². The maximum atomic E-state index is 11.7. The maximum Gasteiger partial charge on any atom is 0.225 e. The highest BCUT2D eigenvalue weighted by atomic mass is 32.1. The lowest BCUT2D eigenvalue weighted by Gasteiger charge is -2.00. The van der Waals surface area contributed by atoms with Crippen molar-refractivity contribution >= 4 is 23.1 Å². The van der Waals surface area contributed by atoms with Gasteiger partial charge in [0.05, 0.1) is 0 Å². The molecule has 18 heavy (non-hydrogen) atoms. The average Bonchev–Trinajstić information content (AvgIpc) is 2.96. The highest BCUT2D eigenvalue weighted by Gasteiger charge is 2.08. The Morgan fingerprint density at radius 1 is 1.56 bits per heavy atom. The molecule has 0 bridgehead atoms. The van der Waals surface area contributed by atoms with Crippen molar-refractivity contribution in [3.05, 3.63) is 34.2 Å². The van der Waals surface area contributed by atoms with Crippen molar-refractivity contribution in [2.24, 2.45) is 0 Å². The summed E-state index contributed by atoms with van der Waals surface area (Å²) in [6.07, 6.45) is 1.27. The zero-order chi connectivity index (χ0) is 13.0. The molecule has 96 valence electrons. The second-order valence-electron chi connectivity index (χ2n) is 4.49. The van der Waals surface area contributed by atoms with E-state index in [1.54, 1.807) is 11.3 Å². The minimum absolute atomic E-state index is 0.00482. The van der Waals surface area contributed by atoms with Gasteiger partial charge in [-0.2, -0.15) is 5.10 Å². The van der Waals surface area contributed by atoms with E-state index in [1.807, 2.05) is 23.6 Å². The Morgan fingerprint density at radius 2 is 2.39 bits per heavy atom. The van der Waals surface area contributed by atoms with E-state index in [1.165, 1.54) is 4.88 Å². The predicted octanol–water partition coefficient (Wildman–Crippen LogP) is 3.17. The van der Waals surface area contributed by atoms with Gasteiger partial charge in [-0.05, 0) is 23.8 Å². The lowest BCUT2D eigenvalue weighted by molar-refractivity contribution is -0.116. The zero-order valence-electron chi connectivity index (χ0n) is 10.6. The third kappa shape index (κ3) is 3.43. The van der Waals surface area contributed by atoms with Crippen LogP contribution < -0.4 is 5.32 Å². The minimum atomic E-state index is 0.00482. The Balaban J connectivity index is 1.83. The molecule has 2 aromatic rings. The number of carbonyl (C=O) groups excluding carboxylic acids is 1. The first-order chi connectivity index (χ1) is 8.65. The van der Waals surface area contributed by atoms with E-state index in [9.17, 15) is 4.79 Å². The number of hydrogen-bond donors (Lipinski definition) is 2. The third-order valence-electron chi connectivity index (χ3n) is 2.67. The normalized spacial score (nSPS) is 10.8. The number of thiophene rings is 1. The number of aromatic nitrogens is 2. The second-order valence-corrected chi connectivity index (χ2v) is 5.52. The van der Waals surface area contributed by atoms with Crippen LogP contribution in [0.15, 0.2) is 23.6 Å². The second kappa shape index (κ2) is 5.82. The molecule has 0 aliphatic carbocycles. The van der Waals surface area contributed by atoms with Gasteiger partial charge in [-0.15, -0.1) is 11.3 Å². The Hall–Kier alpha value is -1.62. The molecule has 0 aliphatic rings. The van der Waals surface area contributed by atoms with Crippen LogP contribution in [0, 0.1) is 0 Å². The number of anilines is 1. The molecule has 0 saturated heterocycles. The van der Waals surface area contributed by atoms with Crippen LogP contribution in [0.3, 0.4) is 0 Å². The molecule has 2 N–H and O–H groups in total. The summed E-state index contributed by atoms with van der Waals surface area (Å²) in [5.74, 6) is 0.995. The fraction of sp³-hybridized carbons (Fsp3) is 0.385. The van der Waals surface area contributed by atoms with E-state index in [2.05, 4.69) is 29.4 Å². The minimum Gasteiger partial charge on any atom is -0.309 e. The number of carbonyl (C=O) groups is 1. The summed E-state index contributed by atoms with van der Waals surface area (Å²) in [7, 11) is 0. The van der Waals surface area contributed by atoms with E-state index >= 15 is 0 Å². The van der Waals surface area contributed by atoms with Crippen molar-refractivity contribution in [2.75, 3.05) is 5.32 Å². The number of nitrogens with one attached hydrogen (secondary N) is 2. The van der Waals surface area contributed by atoms with Crippen molar-refractivity contribution in [1.82, 2.24) is 10.2 Å². The molecule has 0 atom stereocenters. The van der Waals surface area contributed by atoms with Gasteiger partial charge >= 0.3 is 0 Å². The first-order valence-corrected chi connectivity index (χ1v) is 6.90. The predicted molar refractivity (Wildman–Crippen MR) is 73.9 cm³/mol. The van der Waals surface area contributed by atoms with Gasteiger partial charge in [-0.25, -0.2) is 0 Å². The van der Waals surface area contributed by atoms with Crippen molar-refractivity contribution in [1.29, 1.82) is 0 Å². The van der Waals surface area contributed by atoms with Crippen molar-refractivity contribution in [3.8, 4) is 0 Å². The summed E-state index contributed by atoms with van der Waals surface area (Å²) < 4.78 is 0. The first kappa shape index (κ1) is 12.8. The van der Waals surface area contributed by atoms with Crippen LogP contribution in [0.4, 0.5) is 5.82 Å². The van der Waals surface area contributed by atoms with Crippen LogP contribution in [-0.2, 0) is 11.2 Å². The van der Waals surface area contributed by atoms with Gasteiger partial charge in [-0.3, -0.25) is 9.89 Å². The van der Waals surface area contributed by atoms with Crippen molar-refractivity contribution in [2.45, 2.75) is 32.6 Å². The summed E-state index contributed by atoms with van der Waals surface area (Å²) >= 11 is 1.68. The van der Waals surface area contributed by atoms with Gasteiger partial charge in [0, 0.05) is 23.1 Å². The highest BCUT2D eigenvalue weighted by Crippen LogP contribution is 2.15. The van der Waals surface area contributed by atoms with Gasteiger partial charge < -0.3 is 5.32 Å². The molecule has 0 aliphatic heterocycles. The monoisotopic (exact) mass is 263 g/mol. The van der Waals surface area contributed by atoms with E-state index in [0.29, 0.717) is 18.2 Å². The number of H-pyrrole nitrogens is 1. The van der Waals surface area contributed by atoms with Gasteiger partial charge in [-0.1, -0.05) is 19.9 Å². The number of hydrogen-bond acceptors (Lipinski definition) is 3. The molecular weight excluding hydrogens is 246 g/mol. The number of amides is 1. The molecule has 0 radical (unpaired) electrons. The molecule has 4 nitrogen and oxygen atoms in total. The van der Waals surface area contributed by atoms with Crippen LogP contribution in [0.25, 0.3) is 0 Å². The topological polar surface area (TPSA) is 57.8 Å². The molecule has 1 amide bonds. The molecule has 2 heterocycles. The maximum absolute atomic E-state index is 11.7. The fourth-order valence-corrected chi connectivity index (χ4v) is 2.30. The summed E-state index contributed by atoms with van der Waals surface area (Å²) in [5.41, 5.74) is 1.03. The first-order valence-electron chi connectivity index (χ1n) is 6.02. The lowest BCUT2D eigenvalue weighted by Crippen LogP contribution is -2.12. The Kier molecular flexibility index (Phi) is 4.15. The quantitative estimate of drug-likeness (QED) is 0.870. The highest BCUT2D eigenvalue weighted by molar-refractivity contribution is 7.09. The summed E-state index contributed by atoms with van der Waals surface area (Å²) in [6.45, 7) is 4.16. The van der Waals surface area contributed by atoms with Crippen molar-refractivity contribution < 1.29 is 4.79 Å². The van der Waals surface area contributed by atoms with E-state index in [4.69, 9.17) is 0 Å². The Bertz CT molecular complexity index is 502. The van der Waals surface area contributed by atoms with Crippen LogP contribution in [-0.4, -0.2) is 16.1 Å². The molecule has 2 aromatic heterocycles. The molecule has 2 rings (SSSR count). The van der Waals surface area contributed by atoms with Crippen LogP contribution in [0.2, 0.25) is 0 Å². The smallest absolute Gasteiger partial charge is 0.225 e. The summed E-state index contributed by atoms with van der Waals surface area (Å²) in [6, 6.07) is 5.93. The zero-order valence-corrected chi connectivity index (χ0v) is 11.4. The summed E-state index contributed by atoms with van der Waals surface area (Å²) in [4.78, 5) is 13.0. The number of rotatable bonds is 5. The molecule has 0 spiro atoms. The summed E-state index contributed by atoms with van der Waals surface area (Å²) in [5, 5.41) is 11.8. The van der Waals surface area contributed by atoms with Crippen LogP contribution in [0.1, 0.15) is 36.8 Å². The molecule has 0 saturated carbocycles. The van der Waals surface area contributed by atoms with Gasteiger partial charge in [0.15, 0.2) is 5.82 Å². The largest absolute Gasteiger partial charge is 0.309 e. The van der Waals surface area contributed by atoms with Gasteiger partial charge in [0.25, 0.3) is 0 Å². The Morgan fingerprint density at radius 3 is 3.00 bits per heavy atom. The van der Waals surface area contributed by atoms with Gasteiger partial charge in [0.2, 0.25) is 5.91 Å². The van der Waals surface area contributed by atoms with Gasteiger partial charge in [0.1, 0.15) is 0 Å².